The zero-order chi connectivity index (χ0) is 13.3. The standard InChI is InChI=1S/C13H24N4S/c1-9(2)7-8-16(11-5-6-11)12-14-15-13(18)17(12)10(3)4/h9-11H,5-8H2,1-4H3,(H,15,18). The number of aromatic nitrogens is 3. The average Bonchev–Trinajstić information content (AvgIpc) is 3.02. The molecule has 0 amide bonds. The molecule has 4 nitrogen and oxygen atoms in total. The summed E-state index contributed by atoms with van der Waals surface area (Å²) in [5.74, 6) is 1.75. The van der Waals surface area contributed by atoms with Gasteiger partial charge in [-0.3, -0.25) is 4.57 Å². The first-order chi connectivity index (χ1) is 8.50. The molecular formula is C13H24N4S. The number of rotatable bonds is 6. The first-order valence-corrected chi connectivity index (χ1v) is 7.35. The minimum atomic E-state index is 0.353. The van der Waals surface area contributed by atoms with Crippen LogP contribution in [0.15, 0.2) is 0 Å². The van der Waals surface area contributed by atoms with E-state index in [2.05, 4.69) is 47.4 Å². The Kier molecular flexibility index (Phi) is 4.10. The van der Waals surface area contributed by atoms with Crippen molar-refractivity contribution in [3.8, 4) is 0 Å². The summed E-state index contributed by atoms with van der Waals surface area (Å²) in [6.07, 6.45) is 3.78. The second-order valence-corrected chi connectivity index (χ2v) is 6.29. The topological polar surface area (TPSA) is 36.9 Å². The SMILES string of the molecule is CC(C)CCN(c1n[nH]c(=S)n1C(C)C)C1CC1. The highest BCUT2D eigenvalue weighted by Crippen LogP contribution is 2.32. The van der Waals surface area contributed by atoms with Crippen LogP contribution in [0.5, 0.6) is 0 Å². The summed E-state index contributed by atoms with van der Waals surface area (Å²) in [5, 5.41) is 7.39. The van der Waals surface area contributed by atoms with Crippen LogP contribution < -0.4 is 4.90 Å². The van der Waals surface area contributed by atoms with E-state index in [1.165, 1.54) is 19.3 Å². The molecule has 18 heavy (non-hydrogen) atoms. The van der Waals surface area contributed by atoms with E-state index < -0.39 is 0 Å². The molecule has 1 heterocycles. The summed E-state index contributed by atoms with van der Waals surface area (Å²) in [6.45, 7) is 9.93. The molecule has 5 heteroatoms. The van der Waals surface area contributed by atoms with E-state index >= 15 is 0 Å². The van der Waals surface area contributed by atoms with Crippen LogP contribution in [-0.2, 0) is 0 Å². The molecule has 0 atom stereocenters. The number of H-pyrrole nitrogens is 1. The molecule has 1 aromatic heterocycles. The van der Waals surface area contributed by atoms with Crippen LogP contribution in [0.4, 0.5) is 5.95 Å². The maximum atomic E-state index is 5.33. The van der Waals surface area contributed by atoms with Crippen molar-refractivity contribution in [3.05, 3.63) is 4.77 Å². The van der Waals surface area contributed by atoms with Gasteiger partial charge in [-0.1, -0.05) is 13.8 Å². The third kappa shape index (κ3) is 2.94. The van der Waals surface area contributed by atoms with Crippen molar-refractivity contribution in [2.45, 2.75) is 59.0 Å². The lowest BCUT2D eigenvalue weighted by atomic mass is 10.1. The second-order valence-electron chi connectivity index (χ2n) is 5.90. The lowest BCUT2D eigenvalue weighted by Gasteiger charge is -2.25. The first-order valence-electron chi connectivity index (χ1n) is 6.94. The predicted molar refractivity (Wildman–Crippen MR) is 77.6 cm³/mol. The number of nitrogens with zero attached hydrogens (tertiary/aromatic N) is 3. The highest BCUT2D eigenvalue weighted by Gasteiger charge is 2.32. The zero-order valence-electron chi connectivity index (χ0n) is 11.8. The van der Waals surface area contributed by atoms with Crippen LogP contribution in [0, 0.1) is 10.7 Å². The molecule has 0 aliphatic heterocycles. The summed E-state index contributed by atoms with van der Waals surface area (Å²) in [7, 11) is 0. The van der Waals surface area contributed by atoms with Crippen LogP contribution in [0.2, 0.25) is 0 Å². The fourth-order valence-electron chi connectivity index (χ4n) is 2.19. The van der Waals surface area contributed by atoms with Gasteiger partial charge in [0.05, 0.1) is 0 Å². The van der Waals surface area contributed by atoms with Gasteiger partial charge in [0.1, 0.15) is 0 Å². The molecule has 2 rings (SSSR count). The maximum Gasteiger partial charge on any atom is 0.226 e. The Balaban J connectivity index is 2.22. The van der Waals surface area contributed by atoms with Gasteiger partial charge in [-0.05, 0) is 51.2 Å². The molecule has 102 valence electrons. The van der Waals surface area contributed by atoms with Gasteiger partial charge in [-0.25, -0.2) is 5.10 Å². The molecule has 1 fully saturated rings. The molecule has 1 aromatic rings. The number of hydrogen-bond acceptors (Lipinski definition) is 3. The van der Waals surface area contributed by atoms with E-state index in [0.29, 0.717) is 12.1 Å². The quantitative estimate of drug-likeness (QED) is 0.802. The third-order valence-corrected chi connectivity index (χ3v) is 3.68. The summed E-state index contributed by atoms with van der Waals surface area (Å²) in [6, 6.07) is 1.03. The molecule has 0 spiro atoms. The van der Waals surface area contributed by atoms with Crippen LogP contribution in [0.25, 0.3) is 0 Å². The average molecular weight is 268 g/mol. The molecule has 0 unspecified atom stereocenters. The Morgan fingerprint density at radius 2 is 2.06 bits per heavy atom. The first kappa shape index (κ1) is 13.6. The zero-order valence-corrected chi connectivity index (χ0v) is 12.6. The van der Waals surface area contributed by atoms with Crippen molar-refractivity contribution in [3.63, 3.8) is 0 Å². The molecule has 1 saturated carbocycles. The minimum absolute atomic E-state index is 0.353. The summed E-state index contributed by atoms with van der Waals surface area (Å²) < 4.78 is 2.86. The Bertz CT molecular complexity index is 442. The molecule has 1 N–H and O–H groups in total. The summed E-state index contributed by atoms with van der Waals surface area (Å²) >= 11 is 5.33. The highest BCUT2D eigenvalue weighted by molar-refractivity contribution is 7.71. The minimum Gasteiger partial charge on any atom is -0.338 e. The Hall–Kier alpha value is -0.840. The highest BCUT2D eigenvalue weighted by atomic mass is 32.1. The van der Waals surface area contributed by atoms with Gasteiger partial charge in [0.15, 0.2) is 4.77 Å². The molecule has 1 aliphatic rings. The van der Waals surface area contributed by atoms with Crippen molar-refractivity contribution < 1.29 is 0 Å². The number of anilines is 1. The lowest BCUT2D eigenvalue weighted by molar-refractivity contribution is 0.539. The van der Waals surface area contributed by atoms with Gasteiger partial charge in [0.2, 0.25) is 5.95 Å². The summed E-state index contributed by atoms with van der Waals surface area (Å²) in [5.41, 5.74) is 0. The van der Waals surface area contributed by atoms with Gasteiger partial charge >= 0.3 is 0 Å². The van der Waals surface area contributed by atoms with E-state index in [-0.39, 0.29) is 0 Å². The number of hydrogen-bond donors (Lipinski definition) is 1. The van der Waals surface area contributed by atoms with Crippen molar-refractivity contribution in [2.24, 2.45) is 5.92 Å². The van der Waals surface area contributed by atoms with Gasteiger partial charge in [-0.15, -0.1) is 5.10 Å². The molecule has 0 aromatic carbocycles. The van der Waals surface area contributed by atoms with E-state index in [9.17, 15) is 0 Å². The summed E-state index contributed by atoms with van der Waals surface area (Å²) in [4.78, 5) is 2.44. The van der Waals surface area contributed by atoms with E-state index in [1.807, 2.05) is 0 Å². The Morgan fingerprint density at radius 3 is 2.56 bits per heavy atom. The molecule has 0 saturated heterocycles. The van der Waals surface area contributed by atoms with E-state index in [1.54, 1.807) is 0 Å². The van der Waals surface area contributed by atoms with Gasteiger partial charge in [0.25, 0.3) is 0 Å². The smallest absolute Gasteiger partial charge is 0.226 e. The monoisotopic (exact) mass is 268 g/mol. The fourth-order valence-corrected chi connectivity index (χ4v) is 2.53. The molecule has 0 bridgehead atoms. The fraction of sp³-hybridized carbons (Fsp3) is 0.846. The van der Waals surface area contributed by atoms with Crippen LogP contribution in [0.3, 0.4) is 0 Å². The maximum absolute atomic E-state index is 5.33. The van der Waals surface area contributed by atoms with Crippen molar-refractivity contribution in [1.29, 1.82) is 0 Å². The molecule has 1 aliphatic carbocycles. The van der Waals surface area contributed by atoms with Crippen molar-refractivity contribution in [1.82, 2.24) is 14.8 Å². The van der Waals surface area contributed by atoms with E-state index in [0.717, 1.165) is 23.2 Å². The lowest BCUT2D eigenvalue weighted by Crippen LogP contribution is -2.31. The predicted octanol–water partition coefficient (Wildman–Crippen LogP) is 3.54. The van der Waals surface area contributed by atoms with Gasteiger partial charge < -0.3 is 4.90 Å². The normalized spacial score (nSPS) is 15.7. The largest absolute Gasteiger partial charge is 0.338 e. The van der Waals surface area contributed by atoms with Gasteiger partial charge in [0, 0.05) is 18.6 Å². The van der Waals surface area contributed by atoms with Crippen LogP contribution in [0.1, 0.15) is 53.0 Å². The van der Waals surface area contributed by atoms with Crippen molar-refractivity contribution >= 4 is 18.2 Å². The van der Waals surface area contributed by atoms with Crippen LogP contribution >= 0.6 is 12.2 Å². The van der Waals surface area contributed by atoms with Gasteiger partial charge in [-0.2, -0.15) is 0 Å². The third-order valence-electron chi connectivity index (χ3n) is 3.39. The second kappa shape index (κ2) is 5.43. The van der Waals surface area contributed by atoms with Crippen LogP contribution in [-0.4, -0.2) is 27.4 Å². The molecular weight excluding hydrogens is 244 g/mol. The Labute approximate surface area is 114 Å². The van der Waals surface area contributed by atoms with Crippen molar-refractivity contribution in [2.75, 3.05) is 11.4 Å². The Morgan fingerprint density at radius 1 is 1.39 bits per heavy atom. The van der Waals surface area contributed by atoms with E-state index in [4.69, 9.17) is 12.2 Å². The molecule has 0 radical (unpaired) electrons. The number of aromatic amines is 1. The number of nitrogens with one attached hydrogen (secondary N) is 1.